The van der Waals surface area contributed by atoms with Gasteiger partial charge < -0.3 is 49.4 Å². The molecule has 19 nitrogen and oxygen atoms in total. The first-order valence-electron chi connectivity index (χ1n) is 47.0. The van der Waals surface area contributed by atoms with Gasteiger partial charge in [0.2, 0.25) is 29.5 Å². The van der Waals surface area contributed by atoms with E-state index >= 15 is 0 Å². The molecule has 0 aliphatic carbocycles. The zero-order valence-electron chi connectivity index (χ0n) is 74.8. The summed E-state index contributed by atoms with van der Waals surface area (Å²) < 4.78 is 27.5. The van der Waals surface area contributed by atoms with E-state index in [1.54, 1.807) is 7.11 Å². The molecule has 5 amide bonds. The highest BCUT2D eigenvalue weighted by Crippen LogP contribution is 2.16. The van der Waals surface area contributed by atoms with Crippen molar-refractivity contribution in [3.8, 4) is 0 Å². The molecule has 0 saturated carbocycles. The van der Waals surface area contributed by atoms with Gasteiger partial charge in [-0.15, -0.1) is 0 Å². The van der Waals surface area contributed by atoms with E-state index in [0.29, 0.717) is 58.1 Å². The number of methoxy groups -OCH3 is 1. The van der Waals surface area contributed by atoms with Gasteiger partial charge >= 0.3 is 23.9 Å². The molecule has 117 heavy (non-hydrogen) atoms. The molecule has 1 atom stereocenters. The first-order valence-corrected chi connectivity index (χ1v) is 47.0. The Hall–Kier alpha value is -6.89. The summed E-state index contributed by atoms with van der Waals surface area (Å²) >= 11 is 0. The topological polar surface area (TPSA) is 242 Å². The maximum Gasteiger partial charge on any atom is 0.305 e. The number of unbranched alkanes of at least 4 members (excludes halogenated alkanes) is 33. The SMILES string of the molecule is CCCCC/C=C\C/C=C\CCCCCCCC(=O)OCCN(CCOC(=O)CCCCCCC/C=C\C/C=C\CCCCC)C(=O)CCC(=O)NCCCCC(NC(=O)CCC(=O)N(CCOC(=O)CCCCCCC/C=C\C/C=C\CCCCC)CCOC(=O)CCCCCCC/C=C\C/C=C\CCCCC)C(=O)NCCCOC. The normalized spacial score (nSPS) is 12.1. The summed E-state index contributed by atoms with van der Waals surface area (Å²) in [5.41, 5.74) is 0. The van der Waals surface area contributed by atoms with E-state index < -0.39 is 23.8 Å². The second-order valence-corrected chi connectivity index (χ2v) is 31.2. The highest BCUT2D eigenvalue weighted by atomic mass is 16.5. The third-order valence-corrected chi connectivity index (χ3v) is 20.4. The van der Waals surface area contributed by atoms with E-state index in [1.165, 1.54) is 86.8 Å². The van der Waals surface area contributed by atoms with Crippen molar-refractivity contribution in [1.82, 2.24) is 25.8 Å². The Bertz CT molecular complexity index is 2560. The summed E-state index contributed by atoms with van der Waals surface area (Å²) in [4.78, 5) is 122. The number of ether oxygens (including phenoxy) is 5. The number of carbonyl (C=O) groups excluding carboxylic acids is 9. The number of nitrogens with one attached hydrogen (secondary N) is 3. The zero-order chi connectivity index (χ0) is 85.3. The van der Waals surface area contributed by atoms with Crippen molar-refractivity contribution < 1.29 is 66.8 Å². The molecule has 0 saturated heterocycles. The van der Waals surface area contributed by atoms with E-state index in [4.69, 9.17) is 23.7 Å². The van der Waals surface area contributed by atoms with Gasteiger partial charge in [0.05, 0.1) is 26.2 Å². The number of allylic oxidation sites excluding steroid dienone is 16. The van der Waals surface area contributed by atoms with Crippen LogP contribution in [0, 0.1) is 0 Å². The van der Waals surface area contributed by atoms with Crippen LogP contribution in [0.1, 0.15) is 387 Å². The molecule has 19 heteroatoms. The van der Waals surface area contributed by atoms with E-state index in [0.717, 1.165) is 180 Å². The van der Waals surface area contributed by atoms with Gasteiger partial charge in [-0.25, -0.2) is 0 Å². The van der Waals surface area contributed by atoms with Crippen molar-refractivity contribution in [1.29, 1.82) is 0 Å². The van der Waals surface area contributed by atoms with Crippen molar-refractivity contribution in [2.75, 3.05) is 79.4 Å². The molecule has 0 heterocycles. The Labute approximate surface area is 712 Å². The summed E-state index contributed by atoms with van der Waals surface area (Å²) in [6.45, 7) is 9.91. The van der Waals surface area contributed by atoms with Crippen LogP contribution in [0.3, 0.4) is 0 Å². The van der Waals surface area contributed by atoms with Gasteiger partial charge in [-0.3, -0.25) is 43.2 Å². The highest BCUT2D eigenvalue weighted by Gasteiger charge is 2.24. The van der Waals surface area contributed by atoms with Gasteiger partial charge in [0.15, 0.2) is 0 Å². The third-order valence-electron chi connectivity index (χ3n) is 20.4. The fourth-order valence-electron chi connectivity index (χ4n) is 13.0. The van der Waals surface area contributed by atoms with Crippen LogP contribution in [-0.4, -0.2) is 149 Å². The molecule has 0 aromatic heterocycles. The summed E-state index contributed by atoms with van der Waals surface area (Å²) in [5.74, 6) is -3.39. The third kappa shape index (κ3) is 80.0. The Kier molecular flexibility index (Phi) is 83.2. The minimum absolute atomic E-state index is 0.0320. The molecule has 0 bridgehead atoms. The molecule has 0 aromatic rings. The van der Waals surface area contributed by atoms with Crippen LogP contribution in [0.15, 0.2) is 97.2 Å². The van der Waals surface area contributed by atoms with Crippen LogP contribution >= 0.6 is 0 Å². The fraction of sp³-hybridized carbons (Fsp3) is 0.745. The lowest BCUT2D eigenvalue weighted by Crippen LogP contribution is -2.47. The lowest BCUT2D eigenvalue weighted by molar-refractivity contribution is -0.148. The standard InChI is InChI=1S/C98H169N5O14/c1-6-10-14-18-22-26-30-34-38-42-46-50-54-58-62-70-94(108)114-85-80-102(81-86-115-95(109)71-63-59-55-51-47-43-39-35-31-27-23-19-15-11-7-2)92(106)76-74-90(104)99-78-67-66-69-89(98(112)100-79-68-84-113-5)101-91(105)75-77-93(107)103(82-87-116-96(110)72-64-60-56-52-48-44-40-36-32-28-24-20-16-12-8-3)83-88-117-97(111)73-65-61-57-53-49-45-41-37-33-29-25-21-17-13-9-4/h22-29,34-41,89H,6-21,30-33,42-88H2,1-5H3,(H,99,104)(H,100,112)(H,101,105)/b26-22-,27-23-,28-24-,29-25-,38-34-,39-35-,40-36-,41-37-. The van der Waals surface area contributed by atoms with Gasteiger partial charge in [0.25, 0.3) is 0 Å². The number of rotatable bonds is 85. The fourth-order valence-corrected chi connectivity index (χ4v) is 13.0. The van der Waals surface area contributed by atoms with Crippen LogP contribution in [0.5, 0.6) is 0 Å². The highest BCUT2D eigenvalue weighted by molar-refractivity contribution is 5.89. The summed E-state index contributed by atoms with van der Waals surface area (Å²) in [6.07, 6.45) is 85.2. The minimum atomic E-state index is -0.946. The van der Waals surface area contributed by atoms with Gasteiger partial charge in [0, 0.05) is 78.2 Å². The summed E-state index contributed by atoms with van der Waals surface area (Å²) in [5, 5.41) is 8.57. The predicted octanol–water partition coefficient (Wildman–Crippen LogP) is 22.6. The average Bonchev–Trinajstić information content (AvgIpc) is 0.922. The van der Waals surface area contributed by atoms with E-state index in [-0.39, 0.29) is 153 Å². The predicted molar refractivity (Wildman–Crippen MR) is 481 cm³/mol. The zero-order valence-corrected chi connectivity index (χ0v) is 74.8. The molecule has 0 spiro atoms. The Balaban J connectivity index is 5.61. The summed E-state index contributed by atoms with van der Waals surface area (Å²) in [7, 11) is 1.57. The van der Waals surface area contributed by atoms with Crippen molar-refractivity contribution in [3.63, 3.8) is 0 Å². The molecule has 670 valence electrons. The number of amides is 5. The lowest BCUT2D eigenvalue weighted by atomic mass is 10.1. The van der Waals surface area contributed by atoms with Crippen molar-refractivity contribution in [2.45, 2.75) is 393 Å². The van der Waals surface area contributed by atoms with Crippen LogP contribution in [0.4, 0.5) is 0 Å². The van der Waals surface area contributed by atoms with Crippen LogP contribution in [0.25, 0.3) is 0 Å². The molecular formula is C98H169N5O14. The van der Waals surface area contributed by atoms with Crippen molar-refractivity contribution >= 4 is 53.4 Å². The first kappa shape index (κ1) is 110. The first-order chi connectivity index (χ1) is 57.3. The Morgan fingerprint density at radius 1 is 0.274 bits per heavy atom. The molecule has 1 unspecified atom stereocenters. The van der Waals surface area contributed by atoms with Gasteiger partial charge in [0.1, 0.15) is 32.5 Å². The molecule has 3 N–H and O–H groups in total. The van der Waals surface area contributed by atoms with Gasteiger partial charge in [-0.2, -0.15) is 0 Å². The molecule has 0 aromatic carbocycles. The Morgan fingerprint density at radius 2 is 0.547 bits per heavy atom. The minimum Gasteiger partial charge on any atom is -0.464 e. The number of carbonyl (C=O) groups is 9. The largest absolute Gasteiger partial charge is 0.464 e. The van der Waals surface area contributed by atoms with E-state index in [9.17, 15) is 43.2 Å². The maximum absolute atomic E-state index is 13.9. The number of esters is 4. The number of hydrogen-bond donors (Lipinski definition) is 3. The van der Waals surface area contributed by atoms with Crippen LogP contribution in [0.2, 0.25) is 0 Å². The molecule has 0 aliphatic rings. The van der Waals surface area contributed by atoms with Crippen LogP contribution < -0.4 is 16.0 Å². The number of nitrogens with zero attached hydrogens (tertiary/aromatic N) is 2. The second-order valence-electron chi connectivity index (χ2n) is 31.2. The monoisotopic (exact) mass is 1640 g/mol. The molecule has 0 fully saturated rings. The quantitative estimate of drug-likeness (QED) is 0.0222. The summed E-state index contributed by atoms with van der Waals surface area (Å²) in [6, 6.07) is -0.946. The lowest BCUT2D eigenvalue weighted by Gasteiger charge is -2.23. The molecule has 0 rings (SSSR count). The van der Waals surface area contributed by atoms with E-state index in [1.807, 2.05) is 0 Å². The van der Waals surface area contributed by atoms with Crippen LogP contribution in [-0.2, 0) is 66.8 Å². The average molecular weight is 1640 g/mol. The Morgan fingerprint density at radius 3 is 0.846 bits per heavy atom. The number of hydrogen-bond acceptors (Lipinski definition) is 14. The molecule has 0 radical (unpaired) electrons. The maximum atomic E-state index is 13.9. The smallest absolute Gasteiger partial charge is 0.305 e. The van der Waals surface area contributed by atoms with E-state index in [2.05, 4.69) is 141 Å². The molecular weight excluding hydrogens is 1470 g/mol. The second kappa shape index (κ2) is 88.4. The molecule has 0 aliphatic heterocycles. The van der Waals surface area contributed by atoms with Gasteiger partial charge in [-0.05, 0) is 180 Å². The van der Waals surface area contributed by atoms with Crippen molar-refractivity contribution in [3.05, 3.63) is 97.2 Å². The van der Waals surface area contributed by atoms with Crippen molar-refractivity contribution in [2.24, 2.45) is 0 Å². The van der Waals surface area contributed by atoms with Gasteiger partial charge in [-0.1, -0.05) is 253 Å².